The SMILES string of the molecule is CC(=O)N1CCc2ccccc2C1CC(=O)NCC1(c2ccccn2)CCC1. The molecule has 1 N–H and O–H groups in total. The lowest BCUT2D eigenvalue weighted by Crippen LogP contribution is -2.47. The lowest BCUT2D eigenvalue weighted by molar-refractivity contribution is -0.133. The number of hydrogen-bond donors (Lipinski definition) is 1. The number of hydrogen-bond acceptors (Lipinski definition) is 3. The van der Waals surface area contributed by atoms with Gasteiger partial charge in [-0.25, -0.2) is 0 Å². The van der Waals surface area contributed by atoms with Gasteiger partial charge >= 0.3 is 0 Å². The summed E-state index contributed by atoms with van der Waals surface area (Å²) < 4.78 is 0. The van der Waals surface area contributed by atoms with Crippen LogP contribution in [0.15, 0.2) is 48.7 Å². The van der Waals surface area contributed by atoms with Crippen LogP contribution in [0.2, 0.25) is 0 Å². The number of aromatic nitrogens is 1. The van der Waals surface area contributed by atoms with E-state index in [0.29, 0.717) is 19.5 Å². The maximum absolute atomic E-state index is 12.8. The molecule has 1 saturated carbocycles. The molecule has 2 heterocycles. The van der Waals surface area contributed by atoms with Crippen LogP contribution in [0, 0.1) is 0 Å². The van der Waals surface area contributed by atoms with Crippen molar-refractivity contribution in [1.82, 2.24) is 15.2 Å². The molecule has 0 radical (unpaired) electrons. The maximum atomic E-state index is 12.8. The number of fused-ring (bicyclic) bond motifs is 1. The van der Waals surface area contributed by atoms with E-state index in [4.69, 9.17) is 0 Å². The van der Waals surface area contributed by atoms with E-state index in [9.17, 15) is 9.59 Å². The van der Waals surface area contributed by atoms with Crippen molar-refractivity contribution < 1.29 is 9.59 Å². The van der Waals surface area contributed by atoms with Gasteiger partial charge in [-0.15, -0.1) is 0 Å². The molecule has 0 saturated heterocycles. The Morgan fingerprint density at radius 1 is 1.18 bits per heavy atom. The zero-order valence-electron chi connectivity index (χ0n) is 16.4. The Balaban J connectivity index is 1.46. The summed E-state index contributed by atoms with van der Waals surface area (Å²) in [5.74, 6) is 0.0198. The Labute approximate surface area is 166 Å². The Bertz CT molecular complexity index is 861. The molecule has 1 atom stereocenters. The summed E-state index contributed by atoms with van der Waals surface area (Å²) in [5, 5.41) is 3.14. The number of carbonyl (C=O) groups excluding carboxylic acids is 2. The molecule has 2 amide bonds. The summed E-state index contributed by atoms with van der Waals surface area (Å²) >= 11 is 0. The number of nitrogens with zero attached hydrogens (tertiary/aromatic N) is 2. The van der Waals surface area contributed by atoms with Crippen LogP contribution in [-0.4, -0.2) is 34.8 Å². The van der Waals surface area contributed by atoms with E-state index in [1.165, 1.54) is 12.0 Å². The summed E-state index contributed by atoms with van der Waals surface area (Å²) in [7, 11) is 0. The van der Waals surface area contributed by atoms with Gasteiger partial charge in [0.25, 0.3) is 0 Å². The predicted octanol–water partition coefficient (Wildman–Crippen LogP) is 3.16. The van der Waals surface area contributed by atoms with Gasteiger partial charge in [0.05, 0.1) is 12.5 Å². The van der Waals surface area contributed by atoms with Gasteiger partial charge in [0.1, 0.15) is 0 Å². The third-order valence-electron chi connectivity index (χ3n) is 6.34. The summed E-state index contributed by atoms with van der Waals surface area (Å²) in [6.45, 7) is 2.86. The molecule has 5 nitrogen and oxygen atoms in total. The van der Waals surface area contributed by atoms with Crippen LogP contribution < -0.4 is 5.32 Å². The fourth-order valence-electron chi connectivity index (χ4n) is 4.57. The fourth-order valence-corrected chi connectivity index (χ4v) is 4.57. The molecule has 2 aliphatic rings. The Kier molecular flexibility index (Phi) is 5.16. The van der Waals surface area contributed by atoms with E-state index in [1.807, 2.05) is 41.4 Å². The molecular formula is C23H27N3O2. The molecule has 1 aliphatic carbocycles. The van der Waals surface area contributed by atoms with Crippen LogP contribution in [-0.2, 0) is 21.4 Å². The minimum atomic E-state index is -0.186. The highest BCUT2D eigenvalue weighted by atomic mass is 16.2. The van der Waals surface area contributed by atoms with Crippen molar-refractivity contribution in [2.24, 2.45) is 0 Å². The van der Waals surface area contributed by atoms with Gasteiger partial charge in [0, 0.05) is 37.3 Å². The number of benzene rings is 1. The molecule has 5 heteroatoms. The normalized spacial score (nSPS) is 20.0. The van der Waals surface area contributed by atoms with Crippen LogP contribution in [0.3, 0.4) is 0 Å². The first-order valence-corrected chi connectivity index (χ1v) is 10.1. The van der Waals surface area contributed by atoms with E-state index < -0.39 is 0 Å². The molecule has 4 rings (SSSR count). The smallest absolute Gasteiger partial charge is 0.222 e. The van der Waals surface area contributed by atoms with Crippen molar-refractivity contribution >= 4 is 11.8 Å². The molecule has 1 fully saturated rings. The maximum Gasteiger partial charge on any atom is 0.222 e. The summed E-state index contributed by atoms with van der Waals surface area (Å²) in [6.07, 6.45) is 6.24. The van der Waals surface area contributed by atoms with E-state index in [1.54, 1.807) is 6.92 Å². The first-order valence-electron chi connectivity index (χ1n) is 10.1. The third kappa shape index (κ3) is 3.53. The number of rotatable bonds is 5. The highest BCUT2D eigenvalue weighted by molar-refractivity contribution is 5.79. The van der Waals surface area contributed by atoms with Gasteiger partial charge < -0.3 is 10.2 Å². The number of pyridine rings is 1. The molecule has 28 heavy (non-hydrogen) atoms. The summed E-state index contributed by atoms with van der Waals surface area (Å²) in [5.41, 5.74) is 3.36. The highest BCUT2D eigenvalue weighted by Gasteiger charge is 2.40. The van der Waals surface area contributed by atoms with Gasteiger partial charge in [-0.2, -0.15) is 0 Å². The van der Waals surface area contributed by atoms with Gasteiger partial charge in [0.15, 0.2) is 0 Å². The molecule has 0 bridgehead atoms. The number of nitrogens with one attached hydrogen (secondary N) is 1. The van der Waals surface area contributed by atoms with Crippen molar-refractivity contribution in [2.75, 3.05) is 13.1 Å². The second kappa shape index (κ2) is 7.74. The molecule has 1 aliphatic heterocycles. The van der Waals surface area contributed by atoms with E-state index in [-0.39, 0.29) is 23.3 Å². The van der Waals surface area contributed by atoms with Gasteiger partial charge in [-0.05, 0) is 42.5 Å². The Morgan fingerprint density at radius 3 is 2.64 bits per heavy atom. The van der Waals surface area contributed by atoms with Crippen molar-refractivity contribution in [3.8, 4) is 0 Å². The first-order chi connectivity index (χ1) is 13.6. The fraction of sp³-hybridized carbons (Fsp3) is 0.435. The molecular weight excluding hydrogens is 350 g/mol. The summed E-state index contributed by atoms with van der Waals surface area (Å²) in [6, 6.07) is 13.9. The van der Waals surface area contributed by atoms with Gasteiger partial charge in [-0.1, -0.05) is 36.8 Å². The topological polar surface area (TPSA) is 62.3 Å². The van der Waals surface area contributed by atoms with Crippen molar-refractivity contribution in [3.05, 3.63) is 65.5 Å². The molecule has 1 aromatic heterocycles. The average Bonchev–Trinajstić information content (AvgIpc) is 2.68. The van der Waals surface area contributed by atoms with Crippen LogP contribution >= 0.6 is 0 Å². The lowest BCUT2D eigenvalue weighted by atomic mass is 9.66. The minimum Gasteiger partial charge on any atom is -0.355 e. The quantitative estimate of drug-likeness (QED) is 0.871. The van der Waals surface area contributed by atoms with Crippen molar-refractivity contribution in [3.63, 3.8) is 0 Å². The van der Waals surface area contributed by atoms with Crippen molar-refractivity contribution in [2.45, 2.75) is 50.5 Å². The zero-order chi connectivity index (χ0) is 19.6. The van der Waals surface area contributed by atoms with Crippen LogP contribution in [0.25, 0.3) is 0 Å². The average molecular weight is 377 g/mol. The largest absolute Gasteiger partial charge is 0.355 e. The molecule has 146 valence electrons. The minimum absolute atomic E-state index is 0.00448. The second-order valence-corrected chi connectivity index (χ2v) is 8.01. The Hall–Kier alpha value is -2.69. The highest BCUT2D eigenvalue weighted by Crippen LogP contribution is 2.42. The molecule has 2 aromatic rings. The van der Waals surface area contributed by atoms with Gasteiger partial charge in [-0.3, -0.25) is 14.6 Å². The van der Waals surface area contributed by atoms with Crippen molar-refractivity contribution in [1.29, 1.82) is 0 Å². The van der Waals surface area contributed by atoms with E-state index >= 15 is 0 Å². The molecule has 1 unspecified atom stereocenters. The van der Waals surface area contributed by atoms with E-state index in [2.05, 4.69) is 22.4 Å². The molecule has 1 aromatic carbocycles. The first kappa shape index (κ1) is 18.7. The Morgan fingerprint density at radius 2 is 1.96 bits per heavy atom. The second-order valence-electron chi connectivity index (χ2n) is 8.01. The van der Waals surface area contributed by atoms with Crippen LogP contribution in [0.4, 0.5) is 0 Å². The number of carbonyl (C=O) groups is 2. The zero-order valence-corrected chi connectivity index (χ0v) is 16.4. The number of amides is 2. The van der Waals surface area contributed by atoms with Crippen LogP contribution in [0.5, 0.6) is 0 Å². The molecule has 0 spiro atoms. The summed E-state index contributed by atoms with van der Waals surface area (Å²) in [4.78, 5) is 31.3. The lowest BCUT2D eigenvalue weighted by Gasteiger charge is -2.42. The monoisotopic (exact) mass is 377 g/mol. The van der Waals surface area contributed by atoms with Gasteiger partial charge in [0.2, 0.25) is 11.8 Å². The van der Waals surface area contributed by atoms with E-state index in [0.717, 1.165) is 30.5 Å². The standard InChI is InChI=1S/C23H27N3O2/c1-17(27)26-14-10-18-7-2-3-8-19(18)20(26)15-22(28)25-16-23(11-6-12-23)21-9-4-5-13-24-21/h2-5,7-9,13,20H,6,10-12,14-16H2,1H3,(H,25,28). The predicted molar refractivity (Wildman–Crippen MR) is 108 cm³/mol. The van der Waals surface area contributed by atoms with Crippen LogP contribution in [0.1, 0.15) is 55.5 Å². The third-order valence-corrected chi connectivity index (χ3v) is 6.34.